The Morgan fingerprint density at radius 2 is 0.653 bits per heavy atom. The zero-order valence-corrected chi connectivity index (χ0v) is 48.7. The van der Waals surface area contributed by atoms with E-state index in [1.165, 1.54) is 289 Å². The fraction of sp³-hybridized carbons (Fsp3) is 0.909. The molecule has 72 heavy (non-hydrogen) atoms. The van der Waals surface area contributed by atoms with Gasteiger partial charge in [0.05, 0.1) is 25.4 Å². The molecule has 426 valence electrons. The van der Waals surface area contributed by atoms with Crippen molar-refractivity contribution in [2.24, 2.45) is 0 Å². The average molecular weight is 1010 g/mol. The molecule has 6 heteroatoms. The summed E-state index contributed by atoms with van der Waals surface area (Å²) in [6.45, 7) is 4.91. The summed E-state index contributed by atoms with van der Waals surface area (Å²) in [6.07, 6.45) is 76.5. The number of hydrogen-bond donors (Lipinski definition) is 3. The van der Waals surface area contributed by atoms with Crippen molar-refractivity contribution in [2.75, 3.05) is 13.2 Å². The first kappa shape index (κ1) is 70.3. The van der Waals surface area contributed by atoms with Crippen LogP contribution in [0, 0.1) is 0 Å². The Morgan fingerprint density at radius 1 is 0.375 bits per heavy atom. The van der Waals surface area contributed by atoms with Gasteiger partial charge in [-0.15, -0.1) is 0 Å². The topological polar surface area (TPSA) is 95.9 Å². The van der Waals surface area contributed by atoms with E-state index in [0.29, 0.717) is 19.4 Å². The van der Waals surface area contributed by atoms with Crippen LogP contribution in [0.1, 0.15) is 361 Å². The van der Waals surface area contributed by atoms with E-state index in [1.807, 2.05) is 6.08 Å². The van der Waals surface area contributed by atoms with E-state index in [0.717, 1.165) is 44.9 Å². The molecule has 0 aromatic carbocycles. The van der Waals surface area contributed by atoms with Crippen LogP contribution >= 0.6 is 0 Å². The molecule has 0 aromatic rings. The average Bonchev–Trinajstić information content (AvgIpc) is 3.38. The molecule has 1 amide bonds. The number of carbonyl (C=O) groups excluding carboxylic acids is 2. The fourth-order valence-electron chi connectivity index (χ4n) is 10.2. The highest BCUT2D eigenvalue weighted by Crippen LogP contribution is 2.18. The van der Waals surface area contributed by atoms with E-state index in [2.05, 4.69) is 31.3 Å². The summed E-state index contributed by atoms with van der Waals surface area (Å²) in [7, 11) is 0. The van der Waals surface area contributed by atoms with Crippen LogP contribution in [0.5, 0.6) is 0 Å². The van der Waals surface area contributed by atoms with Gasteiger partial charge >= 0.3 is 5.97 Å². The number of amides is 1. The summed E-state index contributed by atoms with van der Waals surface area (Å²) < 4.78 is 5.47. The van der Waals surface area contributed by atoms with Crippen molar-refractivity contribution in [3.8, 4) is 0 Å². The number of allylic oxidation sites excluding steroid dienone is 3. The van der Waals surface area contributed by atoms with Crippen LogP contribution in [-0.2, 0) is 14.3 Å². The molecule has 0 heterocycles. The Morgan fingerprint density at radius 3 is 1.00 bits per heavy atom. The standard InChI is InChI=1S/C66H127NO5/c1-3-5-7-9-11-13-15-17-18-19-20-21-22-23-25-28-31-35-38-42-46-50-54-58-64(69)63(62-68)67-65(70)59-55-51-47-43-39-36-32-29-26-24-27-30-33-37-41-45-49-53-57-61-72-66(71)60-56-52-48-44-40-34-16-14-12-10-8-6-4-2/h14,16,54,58,63-64,68-69H,3-13,15,17-53,55-57,59-62H2,1-2H3,(H,67,70)/b16-14-,58-54+. The Labute approximate surface area is 450 Å². The van der Waals surface area contributed by atoms with Crippen LogP contribution in [0.3, 0.4) is 0 Å². The molecule has 0 aliphatic heterocycles. The molecule has 0 aliphatic rings. The second kappa shape index (κ2) is 61.9. The molecule has 0 fully saturated rings. The van der Waals surface area contributed by atoms with Crippen LogP contribution in [0.2, 0.25) is 0 Å². The highest BCUT2D eigenvalue weighted by molar-refractivity contribution is 5.76. The van der Waals surface area contributed by atoms with E-state index in [1.54, 1.807) is 6.08 Å². The number of aliphatic hydroxyl groups is 2. The molecule has 0 bridgehead atoms. The highest BCUT2D eigenvalue weighted by Gasteiger charge is 2.18. The molecular formula is C66H127NO5. The van der Waals surface area contributed by atoms with Crippen molar-refractivity contribution < 1.29 is 24.5 Å². The predicted molar refractivity (Wildman–Crippen MR) is 315 cm³/mol. The second-order valence-corrected chi connectivity index (χ2v) is 22.5. The van der Waals surface area contributed by atoms with Crippen molar-refractivity contribution in [2.45, 2.75) is 373 Å². The van der Waals surface area contributed by atoms with Crippen LogP contribution in [0.4, 0.5) is 0 Å². The molecule has 2 unspecified atom stereocenters. The lowest BCUT2D eigenvalue weighted by Crippen LogP contribution is -2.45. The van der Waals surface area contributed by atoms with Gasteiger partial charge in [-0.3, -0.25) is 9.59 Å². The Hall–Kier alpha value is -1.66. The molecule has 0 rings (SSSR count). The van der Waals surface area contributed by atoms with Gasteiger partial charge in [0.1, 0.15) is 0 Å². The minimum Gasteiger partial charge on any atom is -0.466 e. The number of ether oxygens (including phenoxy) is 1. The Balaban J connectivity index is 3.43. The molecule has 0 spiro atoms. The molecule has 0 aromatic heterocycles. The van der Waals surface area contributed by atoms with E-state index in [-0.39, 0.29) is 18.5 Å². The maximum atomic E-state index is 12.5. The molecule has 0 aliphatic carbocycles. The third kappa shape index (κ3) is 57.6. The minimum atomic E-state index is -0.848. The van der Waals surface area contributed by atoms with Gasteiger partial charge in [-0.1, -0.05) is 314 Å². The van der Waals surface area contributed by atoms with Gasteiger partial charge in [-0.2, -0.15) is 0 Å². The Kier molecular flexibility index (Phi) is 60.5. The summed E-state index contributed by atoms with van der Waals surface area (Å²) in [5, 5.41) is 23.2. The first-order valence-corrected chi connectivity index (χ1v) is 32.6. The van der Waals surface area contributed by atoms with Crippen LogP contribution in [0.15, 0.2) is 24.3 Å². The van der Waals surface area contributed by atoms with Crippen molar-refractivity contribution >= 4 is 11.9 Å². The van der Waals surface area contributed by atoms with Crippen LogP contribution in [0.25, 0.3) is 0 Å². The molecule has 3 N–H and O–H groups in total. The molecule has 0 radical (unpaired) electrons. The molecule has 0 saturated carbocycles. The first-order chi connectivity index (χ1) is 35.5. The zero-order chi connectivity index (χ0) is 52.2. The fourth-order valence-corrected chi connectivity index (χ4v) is 10.2. The third-order valence-electron chi connectivity index (χ3n) is 15.2. The number of hydrogen-bond acceptors (Lipinski definition) is 5. The predicted octanol–water partition coefficient (Wildman–Crippen LogP) is 20.6. The highest BCUT2D eigenvalue weighted by atomic mass is 16.5. The van der Waals surface area contributed by atoms with Gasteiger partial charge in [0.2, 0.25) is 5.91 Å². The van der Waals surface area contributed by atoms with Crippen molar-refractivity contribution in [1.29, 1.82) is 0 Å². The minimum absolute atomic E-state index is 0.000278. The number of carbonyl (C=O) groups is 2. The van der Waals surface area contributed by atoms with E-state index in [9.17, 15) is 19.8 Å². The first-order valence-electron chi connectivity index (χ1n) is 32.6. The van der Waals surface area contributed by atoms with Crippen LogP contribution in [-0.4, -0.2) is 47.4 Å². The van der Waals surface area contributed by atoms with Gasteiger partial charge in [0.25, 0.3) is 0 Å². The SMILES string of the molecule is CCCCCC/C=C\CCCCCCCC(=O)OCCCCCCCCCCCCCCCCCCCCCC(=O)NC(CO)C(O)/C=C/CCCCCCCCCCCCCCCCCCCCCCC. The van der Waals surface area contributed by atoms with E-state index >= 15 is 0 Å². The normalized spacial score (nSPS) is 12.7. The maximum absolute atomic E-state index is 12.5. The van der Waals surface area contributed by atoms with E-state index in [4.69, 9.17) is 4.74 Å². The molecule has 6 nitrogen and oxygen atoms in total. The lowest BCUT2D eigenvalue weighted by Gasteiger charge is -2.20. The largest absolute Gasteiger partial charge is 0.466 e. The molecule has 2 atom stereocenters. The van der Waals surface area contributed by atoms with Crippen molar-refractivity contribution in [3.05, 3.63) is 24.3 Å². The van der Waals surface area contributed by atoms with Crippen molar-refractivity contribution in [1.82, 2.24) is 5.32 Å². The number of esters is 1. The number of unbranched alkanes of at least 4 members (excludes halogenated alkanes) is 48. The van der Waals surface area contributed by atoms with Crippen LogP contribution < -0.4 is 5.32 Å². The summed E-state index contributed by atoms with van der Waals surface area (Å²) >= 11 is 0. The lowest BCUT2D eigenvalue weighted by molar-refractivity contribution is -0.143. The summed E-state index contributed by atoms with van der Waals surface area (Å²) in [5.74, 6) is -0.0675. The van der Waals surface area contributed by atoms with Gasteiger partial charge in [0.15, 0.2) is 0 Å². The Bertz CT molecular complexity index is 1120. The smallest absolute Gasteiger partial charge is 0.305 e. The van der Waals surface area contributed by atoms with Crippen molar-refractivity contribution in [3.63, 3.8) is 0 Å². The van der Waals surface area contributed by atoms with Gasteiger partial charge in [-0.05, 0) is 57.8 Å². The zero-order valence-electron chi connectivity index (χ0n) is 48.7. The second-order valence-electron chi connectivity index (χ2n) is 22.5. The number of nitrogens with one attached hydrogen (secondary N) is 1. The summed E-state index contributed by atoms with van der Waals surface area (Å²) in [6, 6.07) is -0.631. The molecular weight excluding hydrogens is 887 g/mol. The third-order valence-corrected chi connectivity index (χ3v) is 15.2. The summed E-state index contributed by atoms with van der Waals surface area (Å²) in [4.78, 5) is 24.5. The molecule has 0 saturated heterocycles. The maximum Gasteiger partial charge on any atom is 0.305 e. The van der Waals surface area contributed by atoms with Gasteiger partial charge in [0, 0.05) is 12.8 Å². The number of rotatable bonds is 61. The lowest BCUT2D eigenvalue weighted by atomic mass is 10.0. The van der Waals surface area contributed by atoms with Gasteiger partial charge in [-0.25, -0.2) is 0 Å². The number of aliphatic hydroxyl groups excluding tert-OH is 2. The van der Waals surface area contributed by atoms with E-state index < -0.39 is 12.1 Å². The van der Waals surface area contributed by atoms with Gasteiger partial charge < -0.3 is 20.3 Å². The summed E-state index contributed by atoms with van der Waals surface area (Å²) in [5.41, 5.74) is 0. The monoisotopic (exact) mass is 1010 g/mol. The quantitative estimate of drug-likeness (QED) is 0.0320.